The highest BCUT2D eigenvalue weighted by atomic mass is 79.9. The summed E-state index contributed by atoms with van der Waals surface area (Å²) in [5.74, 6) is 0. The van der Waals surface area contributed by atoms with Gasteiger partial charge in [-0.1, -0.05) is 6.07 Å². The number of halogens is 1. The maximum atomic E-state index is 8.66. The van der Waals surface area contributed by atoms with Crippen LogP contribution in [0.5, 0.6) is 0 Å². The normalized spacial score (nSPS) is 10.4. The minimum absolute atomic E-state index is 0.452. The first kappa shape index (κ1) is 10.0. The summed E-state index contributed by atoms with van der Waals surface area (Å²) in [7, 11) is 0. The van der Waals surface area contributed by atoms with Gasteiger partial charge in [0, 0.05) is 24.3 Å². The molecule has 0 bridgehead atoms. The van der Waals surface area contributed by atoms with Crippen LogP contribution in [0.15, 0.2) is 27.6 Å². The first-order valence-corrected chi connectivity index (χ1v) is 6.05. The van der Waals surface area contributed by atoms with Crippen LogP contribution in [-0.2, 0) is 6.42 Å². The van der Waals surface area contributed by atoms with E-state index in [1.54, 1.807) is 11.3 Å². The summed E-state index contributed by atoms with van der Waals surface area (Å²) in [6, 6.07) is 8.14. The first-order chi connectivity index (χ1) is 6.74. The van der Waals surface area contributed by atoms with Gasteiger partial charge in [0.2, 0.25) is 0 Å². The highest BCUT2D eigenvalue weighted by Crippen LogP contribution is 2.38. The molecule has 0 spiro atoms. The Morgan fingerprint density at radius 3 is 2.93 bits per heavy atom. The van der Waals surface area contributed by atoms with Crippen LogP contribution in [0, 0.1) is 11.3 Å². The van der Waals surface area contributed by atoms with E-state index in [9.17, 15) is 0 Å². The number of nitriles is 1. The Morgan fingerprint density at radius 1 is 1.50 bits per heavy atom. The molecule has 1 aromatic heterocycles. The van der Waals surface area contributed by atoms with Crippen molar-refractivity contribution in [1.29, 1.82) is 5.26 Å². The van der Waals surface area contributed by atoms with Gasteiger partial charge in [-0.3, -0.25) is 0 Å². The molecule has 0 radical (unpaired) electrons. The molecule has 0 N–H and O–H groups in total. The molecule has 0 aliphatic rings. The van der Waals surface area contributed by atoms with Crippen molar-refractivity contribution in [2.75, 3.05) is 0 Å². The van der Waals surface area contributed by atoms with Crippen molar-refractivity contribution in [2.24, 2.45) is 0 Å². The number of nitrogens with zero attached hydrogens (tertiary/aromatic N) is 1. The van der Waals surface area contributed by atoms with Crippen LogP contribution in [-0.4, -0.2) is 0 Å². The number of hydrogen-bond acceptors (Lipinski definition) is 3. The fourth-order valence-corrected chi connectivity index (χ4v) is 3.87. The third-order valence-corrected chi connectivity index (χ3v) is 4.61. The van der Waals surface area contributed by atoms with Gasteiger partial charge in [0.1, 0.15) is 0 Å². The van der Waals surface area contributed by atoms with Crippen LogP contribution in [0.25, 0.3) is 10.1 Å². The Balaban J connectivity index is 2.75. The van der Waals surface area contributed by atoms with Crippen molar-refractivity contribution in [3.63, 3.8) is 0 Å². The molecule has 0 fully saturated rings. The molecule has 0 saturated carbocycles. The van der Waals surface area contributed by atoms with Gasteiger partial charge in [-0.25, -0.2) is 0 Å². The van der Waals surface area contributed by atoms with Gasteiger partial charge in [0.05, 0.1) is 12.5 Å². The lowest BCUT2D eigenvalue weighted by atomic mass is 10.2. The van der Waals surface area contributed by atoms with E-state index in [0.717, 1.165) is 19.6 Å². The minimum Gasteiger partial charge on any atom is -0.198 e. The number of fused-ring (bicyclic) bond motifs is 1. The van der Waals surface area contributed by atoms with Gasteiger partial charge in [0.25, 0.3) is 0 Å². The van der Waals surface area contributed by atoms with E-state index >= 15 is 0 Å². The predicted octanol–water partition coefficient (Wildman–Crippen LogP) is 4.02. The van der Waals surface area contributed by atoms with Gasteiger partial charge in [-0.2, -0.15) is 5.26 Å². The minimum atomic E-state index is 0.452. The molecule has 2 aromatic rings. The summed E-state index contributed by atoms with van der Waals surface area (Å²) in [5.41, 5.74) is 0. The Morgan fingerprint density at radius 2 is 2.29 bits per heavy atom. The summed E-state index contributed by atoms with van der Waals surface area (Å²) in [4.78, 5) is 2.03. The zero-order valence-electron chi connectivity index (χ0n) is 7.12. The molecule has 1 nitrogen and oxygen atoms in total. The summed E-state index contributed by atoms with van der Waals surface area (Å²) < 4.78 is 2.19. The lowest BCUT2D eigenvalue weighted by Crippen LogP contribution is -1.74. The summed E-state index contributed by atoms with van der Waals surface area (Å²) in [6.07, 6.45) is 0.452. The summed E-state index contributed by atoms with van der Waals surface area (Å²) in [6.45, 7) is 0. The molecule has 0 unspecified atom stereocenters. The Labute approximate surface area is 99.9 Å². The zero-order valence-corrected chi connectivity index (χ0v) is 10.4. The number of thiol groups is 1. The molecule has 0 amide bonds. The van der Waals surface area contributed by atoms with Gasteiger partial charge in [-0.15, -0.1) is 24.0 Å². The van der Waals surface area contributed by atoms with E-state index in [1.807, 2.05) is 18.2 Å². The molecule has 0 saturated heterocycles. The average Bonchev–Trinajstić information content (AvgIpc) is 2.46. The van der Waals surface area contributed by atoms with Crippen molar-refractivity contribution < 1.29 is 0 Å². The quantitative estimate of drug-likeness (QED) is 0.786. The molecule has 1 aromatic carbocycles. The first-order valence-electron chi connectivity index (χ1n) is 4.00. The lowest BCUT2D eigenvalue weighted by Gasteiger charge is -1.94. The monoisotopic (exact) mass is 283 g/mol. The van der Waals surface area contributed by atoms with Crippen LogP contribution in [0.2, 0.25) is 0 Å². The van der Waals surface area contributed by atoms with Gasteiger partial charge < -0.3 is 0 Å². The standard InChI is InChI=1S/C10H6BrNS2/c11-10-8(4-5-12)14-7-3-1-2-6(13)9(7)10/h1-3,13H,4H2. The van der Waals surface area contributed by atoms with Gasteiger partial charge >= 0.3 is 0 Å². The fraction of sp³-hybridized carbons (Fsp3) is 0.100. The maximum absolute atomic E-state index is 8.66. The summed E-state index contributed by atoms with van der Waals surface area (Å²) >= 11 is 9.55. The number of benzene rings is 1. The zero-order chi connectivity index (χ0) is 10.1. The molecule has 4 heteroatoms. The Hall–Kier alpha value is -0.500. The average molecular weight is 284 g/mol. The SMILES string of the molecule is N#CCc1sc2cccc(S)c2c1Br. The molecule has 2 rings (SSSR count). The van der Waals surface area contributed by atoms with Crippen molar-refractivity contribution >= 4 is 50.0 Å². The van der Waals surface area contributed by atoms with E-state index in [0.29, 0.717) is 6.42 Å². The highest BCUT2D eigenvalue weighted by Gasteiger charge is 2.10. The van der Waals surface area contributed by atoms with E-state index in [4.69, 9.17) is 5.26 Å². The van der Waals surface area contributed by atoms with E-state index < -0.39 is 0 Å². The van der Waals surface area contributed by atoms with Crippen LogP contribution in [0.4, 0.5) is 0 Å². The van der Waals surface area contributed by atoms with Crippen LogP contribution < -0.4 is 0 Å². The largest absolute Gasteiger partial charge is 0.198 e. The van der Waals surface area contributed by atoms with E-state index in [-0.39, 0.29) is 0 Å². The molecule has 0 atom stereocenters. The van der Waals surface area contributed by atoms with Crippen LogP contribution in [0.3, 0.4) is 0 Å². The fourth-order valence-electron chi connectivity index (χ4n) is 1.33. The lowest BCUT2D eigenvalue weighted by molar-refractivity contribution is 1.31. The van der Waals surface area contributed by atoms with Gasteiger partial charge in [-0.05, 0) is 28.1 Å². The van der Waals surface area contributed by atoms with Crippen molar-refractivity contribution in [1.82, 2.24) is 0 Å². The van der Waals surface area contributed by atoms with Gasteiger partial charge in [0.15, 0.2) is 0 Å². The number of thiophene rings is 1. The smallest absolute Gasteiger partial charge is 0.0707 e. The molecule has 0 aliphatic heterocycles. The third kappa shape index (κ3) is 1.56. The molecule has 0 aliphatic carbocycles. The number of hydrogen-bond donors (Lipinski definition) is 1. The van der Waals surface area contributed by atoms with Crippen molar-refractivity contribution in [3.05, 3.63) is 27.5 Å². The Bertz CT molecular complexity index is 525. The van der Waals surface area contributed by atoms with Crippen molar-refractivity contribution in [3.8, 4) is 6.07 Å². The second-order valence-corrected chi connectivity index (χ2v) is 5.24. The molecular formula is C10H6BrNS2. The maximum Gasteiger partial charge on any atom is 0.0707 e. The van der Waals surface area contributed by atoms with Crippen molar-refractivity contribution in [2.45, 2.75) is 11.3 Å². The van der Waals surface area contributed by atoms with Crippen LogP contribution in [0.1, 0.15) is 4.88 Å². The summed E-state index contributed by atoms with van der Waals surface area (Å²) in [5, 5.41) is 9.77. The second kappa shape index (κ2) is 3.93. The Kier molecular flexibility index (Phi) is 2.82. The van der Waals surface area contributed by atoms with Crippen LogP contribution >= 0.6 is 39.9 Å². The second-order valence-electron chi connectivity index (χ2n) is 2.82. The third-order valence-electron chi connectivity index (χ3n) is 1.94. The topological polar surface area (TPSA) is 23.8 Å². The molecular weight excluding hydrogens is 278 g/mol. The molecule has 1 heterocycles. The van der Waals surface area contributed by atoms with E-state index in [2.05, 4.69) is 34.6 Å². The highest BCUT2D eigenvalue weighted by molar-refractivity contribution is 9.10. The number of rotatable bonds is 1. The molecule has 14 heavy (non-hydrogen) atoms. The van der Waals surface area contributed by atoms with E-state index in [1.165, 1.54) is 4.70 Å². The predicted molar refractivity (Wildman–Crippen MR) is 66.1 cm³/mol. The molecule has 70 valence electrons.